The minimum atomic E-state index is -0.551. The average molecular weight is 248 g/mol. The van der Waals surface area contributed by atoms with Crippen LogP contribution in [0.4, 0.5) is 4.39 Å². The Morgan fingerprint density at radius 3 is 2.72 bits per heavy atom. The molecule has 1 aliphatic carbocycles. The molecule has 0 aromatic heterocycles. The summed E-state index contributed by atoms with van der Waals surface area (Å²) in [6.07, 6.45) is 5.26. The molecule has 1 aromatic carbocycles. The third kappa shape index (κ3) is 2.80. The Labute approximate surface area is 106 Å². The van der Waals surface area contributed by atoms with Crippen molar-refractivity contribution in [3.05, 3.63) is 29.6 Å². The van der Waals surface area contributed by atoms with Crippen molar-refractivity contribution in [3.63, 3.8) is 0 Å². The predicted octanol–water partition coefficient (Wildman–Crippen LogP) is 2.74. The first kappa shape index (κ1) is 12.8. The van der Waals surface area contributed by atoms with Crippen molar-refractivity contribution in [1.82, 2.24) is 0 Å². The maximum absolute atomic E-state index is 13.4. The van der Waals surface area contributed by atoms with Gasteiger partial charge in [0, 0.05) is 0 Å². The Bertz CT molecular complexity index is 461. The van der Waals surface area contributed by atoms with E-state index in [9.17, 15) is 4.39 Å². The summed E-state index contributed by atoms with van der Waals surface area (Å²) < 4.78 is 18.9. The van der Waals surface area contributed by atoms with E-state index in [1.807, 2.05) is 6.07 Å². The summed E-state index contributed by atoms with van der Waals surface area (Å²) in [5.41, 5.74) is 5.85. The minimum absolute atomic E-state index is 0.0445. The van der Waals surface area contributed by atoms with Crippen molar-refractivity contribution in [2.24, 2.45) is 5.73 Å². The molecule has 0 atom stereocenters. The number of rotatable bonds is 3. The summed E-state index contributed by atoms with van der Waals surface area (Å²) in [5, 5.41) is 8.90. The van der Waals surface area contributed by atoms with Gasteiger partial charge in [0.15, 0.2) is 0 Å². The molecule has 18 heavy (non-hydrogen) atoms. The molecular formula is C14H17FN2O. The topological polar surface area (TPSA) is 59.0 Å². The van der Waals surface area contributed by atoms with E-state index in [4.69, 9.17) is 15.7 Å². The van der Waals surface area contributed by atoms with Crippen molar-refractivity contribution < 1.29 is 9.13 Å². The smallest absolute Gasteiger partial charge is 0.144 e. The highest BCUT2D eigenvalue weighted by molar-refractivity contribution is 5.43. The second-order valence-corrected chi connectivity index (χ2v) is 4.94. The van der Waals surface area contributed by atoms with Gasteiger partial charge in [-0.05, 0) is 25.0 Å². The minimum Gasteiger partial charge on any atom is -0.490 e. The molecule has 0 bridgehead atoms. The Hall–Kier alpha value is -1.60. The zero-order chi connectivity index (χ0) is 13.0. The molecule has 96 valence electrons. The van der Waals surface area contributed by atoms with E-state index in [-0.39, 0.29) is 16.9 Å². The number of nitrogens with zero attached hydrogens (tertiary/aromatic N) is 1. The zero-order valence-electron chi connectivity index (χ0n) is 10.3. The van der Waals surface area contributed by atoms with Crippen LogP contribution in [-0.2, 0) is 0 Å². The van der Waals surface area contributed by atoms with E-state index in [2.05, 4.69) is 0 Å². The summed E-state index contributed by atoms with van der Waals surface area (Å²) in [6, 6.07) is 6.22. The lowest BCUT2D eigenvalue weighted by molar-refractivity contribution is 0.173. The van der Waals surface area contributed by atoms with Gasteiger partial charge in [-0.2, -0.15) is 5.26 Å². The Morgan fingerprint density at radius 2 is 2.06 bits per heavy atom. The van der Waals surface area contributed by atoms with Gasteiger partial charge < -0.3 is 10.5 Å². The van der Waals surface area contributed by atoms with Gasteiger partial charge in [-0.1, -0.05) is 25.3 Å². The highest BCUT2D eigenvalue weighted by atomic mass is 19.1. The largest absolute Gasteiger partial charge is 0.490 e. The monoisotopic (exact) mass is 248 g/mol. The normalized spacial score (nSPS) is 18.1. The number of ether oxygens (including phenoxy) is 1. The van der Waals surface area contributed by atoms with E-state index in [1.165, 1.54) is 18.6 Å². The Balaban J connectivity index is 2.06. The number of hydrogen-bond acceptors (Lipinski definition) is 3. The molecular weight excluding hydrogens is 231 g/mol. The molecule has 0 saturated heterocycles. The van der Waals surface area contributed by atoms with Gasteiger partial charge in [0.2, 0.25) is 0 Å². The van der Waals surface area contributed by atoms with E-state index in [0.717, 1.165) is 25.7 Å². The summed E-state index contributed by atoms with van der Waals surface area (Å²) in [5.74, 6) is -0.266. The molecule has 0 heterocycles. The van der Waals surface area contributed by atoms with Crippen molar-refractivity contribution in [2.75, 3.05) is 6.61 Å². The molecule has 4 heteroatoms. The molecule has 1 aliphatic rings. The number of halogens is 1. The van der Waals surface area contributed by atoms with Crippen LogP contribution in [-0.4, -0.2) is 12.1 Å². The summed E-state index contributed by atoms with van der Waals surface area (Å²) >= 11 is 0. The van der Waals surface area contributed by atoms with Gasteiger partial charge in [-0.3, -0.25) is 0 Å². The van der Waals surface area contributed by atoms with E-state index >= 15 is 0 Å². The molecule has 2 N–H and O–H groups in total. The zero-order valence-corrected chi connectivity index (χ0v) is 10.3. The van der Waals surface area contributed by atoms with E-state index < -0.39 is 5.82 Å². The quantitative estimate of drug-likeness (QED) is 0.894. The summed E-state index contributed by atoms with van der Waals surface area (Å²) in [7, 11) is 0. The van der Waals surface area contributed by atoms with Gasteiger partial charge in [0.25, 0.3) is 0 Å². The van der Waals surface area contributed by atoms with Crippen LogP contribution < -0.4 is 10.5 Å². The first-order chi connectivity index (χ1) is 8.64. The lowest BCUT2D eigenvalue weighted by atomic mass is 9.83. The van der Waals surface area contributed by atoms with Crippen LogP contribution in [0, 0.1) is 17.1 Å². The van der Waals surface area contributed by atoms with Crippen molar-refractivity contribution in [2.45, 2.75) is 37.6 Å². The summed E-state index contributed by atoms with van der Waals surface area (Å²) in [6.45, 7) is 0.338. The molecule has 0 amide bonds. The Morgan fingerprint density at radius 1 is 1.33 bits per heavy atom. The van der Waals surface area contributed by atoms with Crippen molar-refractivity contribution in [3.8, 4) is 11.8 Å². The van der Waals surface area contributed by atoms with Gasteiger partial charge in [0.1, 0.15) is 29.8 Å². The molecule has 0 spiro atoms. The second-order valence-electron chi connectivity index (χ2n) is 4.94. The van der Waals surface area contributed by atoms with Crippen LogP contribution in [0.3, 0.4) is 0 Å². The number of benzene rings is 1. The summed E-state index contributed by atoms with van der Waals surface area (Å²) in [4.78, 5) is 0. The number of hydrogen-bond donors (Lipinski definition) is 1. The fraction of sp³-hybridized carbons (Fsp3) is 0.500. The van der Waals surface area contributed by atoms with Gasteiger partial charge in [0.05, 0.1) is 5.54 Å². The lowest BCUT2D eigenvalue weighted by Gasteiger charge is -2.33. The van der Waals surface area contributed by atoms with Crippen molar-refractivity contribution >= 4 is 0 Å². The maximum atomic E-state index is 13.4. The average Bonchev–Trinajstić information content (AvgIpc) is 2.37. The Kier molecular flexibility index (Phi) is 3.83. The third-order valence-corrected chi connectivity index (χ3v) is 3.45. The van der Waals surface area contributed by atoms with Gasteiger partial charge in [-0.15, -0.1) is 0 Å². The van der Waals surface area contributed by atoms with Crippen LogP contribution in [0.2, 0.25) is 0 Å². The maximum Gasteiger partial charge on any atom is 0.144 e. The van der Waals surface area contributed by atoms with Crippen LogP contribution in [0.25, 0.3) is 0 Å². The molecule has 0 radical (unpaired) electrons. The molecule has 2 rings (SSSR count). The van der Waals surface area contributed by atoms with Crippen LogP contribution in [0.15, 0.2) is 18.2 Å². The van der Waals surface area contributed by atoms with E-state index in [0.29, 0.717) is 6.61 Å². The second kappa shape index (κ2) is 5.36. The molecule has 1 fully saturated rings. The van der Waals surface area contributed by atoms with Crippen LogP contribution in [0.5, 0.6) is 5.75 Å². The fourth-order valence-corrected chi connectivity index (χ4v) is 2.35. The highest BCUT2D eigenvalue weighted by Crippen LogP contribution is 2.28. The van der Waals surface area contributed by atoms with Gasteiger partial charge >= 0.3 is 0 Å². The highest BCUT2D eigenvalue weighted by Gasteiger charge is 2.28. The molecule has 1 aromatic rings. The van der Waals surface area contributed by atoms with Crippen LogP contribution in [0.1, 0.15) is 37.7 Å². The number of nitrogens with two attached hydrogens (primary N) is 1. The predicted molar refractivity (Wildman–Crippen MR) is 66.6 cm³/mol. The van der Waals surface area contributed by atoms with Gasteiger partial charge in [-0.25, -0.2) is 4.39 Å². The molecule has 3 nitrogen and oxygen atoms in total. The standard InChI is InChI=1S/C14H17FN2O/c15-12-5-4-6-13(11(12)9-16)18-10-14(17)7-2-1-3-8-14/h4-6H,1-3,7-8,10,17H2. The molecule has 1 saturated carbocycles. The van der Waals surface area contributed by atoms with Crippen molar-refractivity contribution in [1.29, 1.82) is 5.26 Å². The molecule has 0 unspecified atom stereocenters. The number of nitriles is 1. The fourth-order valence-electron chi connectivity index (χ4n) is 2.35. The first-order valence-electron chi connectivity index (χ1n) is 6.25. The lowest BCUT2D eigenvalue weighted by Crippen LogP contribution is -2.47. The van der Waals surface area contributed by atoms with Crippen LogP contribution >= 0.6 is 0 Å². The van der Waals surface area contributed by atoms with E-state index in [1.54, 1.807) is 6.07 Å². The first-order valence-corrected chi connectivity index (χ1v) is 6.25. The molecule has 0 aliphatic heterocycles. The SMILES string of the molecule is N#Cc1c(F)cccc1OCC1(N)CCCCC1. The third-order valence-electron chi connectivity index (χ3n) is 3.45.